The van der Waals surface area contributed by atoms with Crippen LogP contribution in [0.25, 0.3) is 0 Å². The number of hydrogen-bond donors (Lipinski definition) is 1. The van der Waals surface area contributed by atoms with Crippen molar-refractivity contribution in [1.82, 2.24) is 0 Å². The molecule has 1 N–H and O–H groups in total. The SMILES string of the molecule is CSc1cccc(NC(C)CCC(C)C)c1. The van der Waals surface area contributed by atoms with Crippen LogP contribution >= 0.6 is 11.8 Å². The maximum absolute atomic E-state index is 3.56. The molecule has 0 fully saturated rings. The van der Waals surface area contributed by atoms with Gasteiger partial charge in [-0.1, -0.05) is 19.9 Å². The summed E-state index contributed by atoms with van der Waals surface area (Å²) in [7, 11) is 0. The van der Waals surface area contributed by atoms with Crippen LogP contribution in [0.1, 0.15) is 33.6 Å². The summed E-state index contributed by atoms with van der Waals surface area (Å²) in [5.74, 6) is 0.793. The Kier molecular flexibility index (Phi) is 5.75. The van der Waals surface area contributed by atoms with Gasteiger partial charge in [0.15, 0.2) is 0 Å². The first-order valence-electron chi connectivity index (χ1n) is 6.02. The molecule has 90 valence electrons. The zero-order chi connectivity index (χ0) is 12.0. The van der Waals surface area contributed by atoms with Crippen molar-refractivity contribution in [2.75, 3.05) is 11.6 Å². The number of benzene rings is 1. The van der Waals surface area contributed by atoms with E-state index in [0.29, 0.717) is 6.04 Å². The molecule has 16 heavy (non-hydrogen) atoms. The molecule has 0 aliphatic carbocycles. The highest BCUT2D eigenvalue weighted by Gasteiger charge is 2.03. The van der Waals surface area contributed by atoms with Crippen molar-refractivity contribution in [2.24, 2.45) is 5.92 Å². The lowest BCUT2D eigenvalue weighted by Gasteiger charge is -2.16. The lowest BCUT2D eigenvalue weighted by atomic mass is 10.0. The molecular formula is C14H23NS. The Morgan fingerprint density at radius 2 is 1.94 bits per heavy atom. The van der Waals surface area contributed by atoms with Crippen molar-refractivity contribution in [2.45, 2.75) is 44.6 Å². The van der Waals surface area contributed by atoms with Gasteiger partial charge in [-0.2, -0.15) is 0 Å². The lowest BCUT2D eigenvalue weighted by Crippen LogP contribution is -2.15. The first kappa shape index (κ1) is 13.4. The third kappa shape index (κ3) is 4.93. The fourth-order valence-electron chi connectivity index (χ4n) is 1.65. The molecular weight excluding hydrogens is 214 g/mol. The monoisotopic (exact) mass is 237 g/mol. The van der Waals surface area contributed by atoms with Crippen LogP contribution in [-0.2, 0) is 0 Å². The molecule has 1 aromatic carbocycles. The van der Waals surface area contributed by atoms with Crippen LogP contribution in [0.5, 0.6) is 0 Å². The summed E-state index contributed by atoms with van der Waals surface area (Å²) in [6.07, 6.45) is 4.64. The Hall–Kier alpha value is -0.630. The fourth-order valence-corrected chi connectivity index (χ4v) is 2.11. The number of nitrogens with one attached hydrogen (secondary N) is 1. The summed E-state index contributed by atoms with van der Waals surface area (Å²) in [4.78, 5) is 1.32. The summed E-state index contributed by atoms with van der Waals surface area (Å²) < 4.78 is 0. The Morgan fingerprint density at radius 3 is 2.56 bits per heavy atom. The molecule has 1 rings (SSSR count). The van der Waals surface area contributed by atoms with Crippen molar-refractivity contribution in [1.29, 1.82) is 0 Å². The van der Waals surface area contributed by atoms with E-state index in [1.165, 1.54) is 23.4 Å². The third-order valence-electron chi connectivity index (χ3n) is 2.66. The summed E-state index contributed by atoms with van der Waals surface area (Å²) in [5, 5.41) is 3.56. The molecule has 0 aliphatic rings. The van der Waals surface area contributed by atoms with Crippen LogP contribution in [0, 0.1) is 5.92 Å². The predicted molar refractivity (Wildman–Crippen MR) is 75.4 cm³/mol. The smallest absolute Gasteiger partial charge is 0.0353 e. The Balaban J connectivity index is 2.45. The lowest BCUT2D eigenvalue weighted by molar-refractivity contribution is 0.527. The molecule has 1 nitrogen and oxygen atoms in total. The van der Waals surface area contributed by atoms with Crippen LogP contribution in [0.15, 0.2) is 29.2 Å². The molecule has 2 heteroatoms. The van der Waals surface area contributed by atoms with Gasteiger partial charge in [0.2, 0.25) is 0 Å². The molecule has 0 amide bonds. The second kappa shape index (κ2) is 6.85. The Labute approximate surface area is 104 Å². The summed E-state index contributed by atoms with van der Waals surface area (Å²) >= 11 is 1.79. The predicted octanol–water partition coefficient (Wildman–Crippen LogP) is 4.65. The number of rotatable bonds is 6. The standard InChI is InChI=1S/C14H23NS/c1-11(2)8-9-12(3)15-13-6-5-7-14(10-13)16-4/h5-7,10-12,15H,8-9H2,1-4H3. The molecule has 0 saturated heterocycles. The second-order valence-corrected chi connectivity index (χ2v) is 5.63. The summed E-state index contributed by atoms with van der Waals surface area (Å²) in [5.41, 5.74) is 1.24. The van der Waals surface area contributed by atoms with Crippen molar-refractivity contribution >= 4 is 17.4 Å². The van der Waals surface area contributed by atoms with Gasteiger partial charge in [-0.15, -0.1) is 11.8 Å². The van der Waals surface area contributed by atoms with E-state index >= 15 is 0 Å². The zero-order valence-corrected chi connectivity index (χ0v) is 11.6. The van der Waals surface area contributed by atoms with Gasteiger partial charge < -0.3 is 5.32 Å². The molecule has 1 aromatic rings. The minimum absolute atomic E-state index is 0.555. The first-order chi connectivity index (χ1) is 7.61. The largest absolute Gasteiger partial charge is 0.383 e. The molecule has 0 aliphatic heterocycles. The highest BCUT2D eigenvalue weighted by Crippen LogP contribution is 2.20. The quantitative estimate of drug-likeness (QED) is 0.723. The van der Waals surface area contributed by atoms with Crippen molar-refractivity contribution in [3.63, 3.8) is 0 Å². The van der Waals surface area contributed by atoms with E-state index in [1.54, 1.807) is 11.8 Å². The number of thioether (sulfide) groups is 1. The van der Waals surface area contributed by atoms with Crippen LogP contribution < -0.4 is 5.32 Å². The highest BCUT2D eigenvalue weighted by atomic mass is 32.2. The van der Waals surface area contributed by atoms with Crippen molar-refractivity contribution in [3.8, 4) is 0 Å². The zero-order valence-electron chi connectivity index (χ0n) is 10.8. The van der Waals surface area contributed by atoms with Crippen molar-refractivity contribution in [3.05, 3.63) is 24.3 Å². The van der Waals surface area contributed by atoms with Gasteiger partial charge >= 0.3 is 0 Å². The summed E-state index contributed by atoms with van der Waals surface area (Å²) in [6.45, 7) is 6.82. The maximum atomic E-state index is 3.56. The van der Waals surface area contributed by atoms with E-state index in [-0.39, 0.29) is 0 Å². The van der Waals surface area contributed by atoms with Gasteiger partial charge in [0.1, 0.15) is 0 Å². The number of hydrogen-bond acceptors (Lipinski definition) is 2. The van der Waals surface area contributed by atoms with Gasteiger partial charge in [-0.25, -0.2) is 0 Å². The molecule has 0 saturated carbocycles. The topological polar surface area (TPSA) is 12.0 Å². The minimum Gasteiger partial charge on any atom is -0.383 e. The first-order valence-corrected chi connectivity index (χ1v) is 7.25. The van der Waals surface area contributed by atoms with Crippen LogP contribution in [-0.4, -0.2) is 12.3 Å². The van der Waals surface area contributed by atoms with E-state index in [0.717, 1.165) is 5.92 Å². The van der Waals surface area contributed by atoms with E-state index in [9.17, 15) is 0 Å². The third-order valence-corrected chi connectivity index (χ3v) is 3.39. The van der Waals surface area contributed by atoms with Gasteiger partial charge in [0, 0.05) is 16.6 Å². The molecule has 0 heterocycles. The van der Waals surface area contributed by atoms with Crippen LogP contribution in [0.4, 0.5) is 5.69 Å². The molecule has 0 spiro atoms. The van der Waals surface area contributed by atoms with Crippen molar-refractivity contribution < 1.29 is 0 Å². The molecule has 0 bridgehead atoms. The minimum atomic E-state index is 0.555. The van der Waals surface area contributed by atoms with E-state index < -0.39 is 0 Å². The normalized spacial score (nSPS) is 12.8. The molecule has 0 aromatic heterocycles. The molecule has 1 atom stereocenters. The Morgan fingerprint density at radius 1 is 1.19 bits per heavy atom. The van der Waals surface area contributed by atoms with E-state index in [4.69, 9.17) is 0 Å². The molecule has 1 unspecified atom stereocenters. The van der Waals surface area contributed by atoms with E-state index in [1.807, 2.05) is 0 Å². The van der Waals surface area contributed by atoms with Gasteiger partial charge in [0.25, 0.3) is 0 Å². The Bertz CT molecular complexity index is 309. The average Bonchev–Trinajstić information content (AvgIpc) is 2.26. The van der Waals surface area contributed by atoms with Gasteiger partial charge in [-0.3, -0.25) is 0 Å². The number of anilines is 1. The van der Waals surface area contributed by atoms with Gasteiger partial charge in [-0.05, 0) is 50.1 Å². The van der Waals surface area contributed by atoms with Crippen LogP contribution in [0.2, 0.25) is 0 Å². The highest BCUT2D eigenvalue weighted by molar-refractivity contribution is 7.98. The maximum Gasteiger partial charge on any atom is 0.0353 e. The summed E-state index contributed by atoms with van der Waals surface area (Å²) in [6, 6.07) is 9.18. The second-order valence-electron chi connectivity index (χ2n) is 4.75. The molecule has 0 radical (unpaired) electrons. The van der Waals surface area contributed by atoms with Crippen LogP contribution in [0.3, 0.4) is 0 Å². The fraction of sp³-hybridized carbons (Fsp3) is 0.571. The average molecular weight is 237 g/mol. The van der Waals surface area contributed by atoms with E-state index in [2.05, 4.69) is 56.6 Å². The van der Waals surface area contributed by atoms with Gasteiger partial charge in [0.05, 0.1) is 0 Å².